The van der Waals surface area contributed by atoms with E-state index in [4.69, 9.17) is 9.47 Å². The maximum Gasteiger partial charge on any atom is 0.224 e. The van der Waals surface area contributed by atoms with Crippen molar-refractivity contribution in [2.75, 3.05) is 13.2 Å². The Hall–Kier alpha value is -2.11. The molecule has 1 fully saturated rings. The molecule has 1 aliphatic rings. The molecule has 7 unspecified atom stereocenters. The molecular weight excluding hydrogens is 755 g/mol. The number of aliphatic hydroxyl groups excluding tert-OH is 5. The average Bonchev–Trinajstić information content (AvgIpc) is 3.25. The van der Waals surface area contributed by atoms with Crippen molar-refractivity contribution >= 4 is 5.91 Å². The fraction of sp³-hybridized carbons (Fsp3) is 0.784. The highest BCUT2D eigenvalue weighted by Gasteiger charge is 2.44. The van der Waals surface area contributed by atoms with Crippen LogP contribution < -0.4 is 5.32 Å². The predicted molar refractivity (Wildman–Crippen MR) is 249 cm³/mol. The Bertz CT molecular complexity index is 1120. The SMILES string of the molecule is CC/C=C\C/C=C\C/C=C\C/C=C\C/C=C\CC(=O)NC(COC1OC(CO)C(O)C(O)C1O)C(O)CCCCCCCCCCCCCCCCCCCCCCCC. The van der Waals surface area contributed by atoms with Crippen molar-refractivity contribution in [2.24, 2.45) is 0 Å². The molecule has 0 spiro atoms. The molecule has 1 heterocycles. The van der Waals surface area contributed by atoms with Crippen LogP contribution in [0.3, 0.4) is 0 Å². The van der Waals surface area contributed by atoms with Crippen LogP contribution in [0.1, 0.15) is 200 Å². The summed E-state index contributed by atoms with van der Waals surface area (Å²) in [7, 11) is 0. The number of carbonyl (C=O) groups excluding carboxylic acids is 1. The molecule has 0 radical (unpaired) electrons. The molecule has 0 saturated carbocycles. The standard InChI is InChI=1S/C51H91NO8/c1-3-5-7-9-11-13-15-17-19-20-21-22-23-24-25-27-28-30-32-34-36-38-40-45(54)44(43-59-51-50(58)49(57)48(56)46(42-53)60-51)52-47(55)41-39-37-35-33-31-29-26-18-16-14-12-10-8-6-4-2/h6,8,12,14,18,26,31,33,37,39,44-46,48-51,53-54,56-58H,3-5,7,9-11,13,15-17,19-25,27-30,32,34-36,38,40-43H2,1-2H3,(H,52,55)/b8-6-,14-12-,26-18-,33-31-,39-37-. The molecule has 0 aliphatic carbocycles. The van der Waals surface area contributed by atoms with Crippen LogP contribution in [0.4, 0.5) is 0 Å². The minimum Gasteiger partial charge on any atom is -0.394 e. The highest BCUT2D eigenvalue weighted by atomic mass is 16.7. The zero-order valence-corrected chi connectivity index (χ0v) is 38.2. The lowest BCUT2D eigenvalue weighted by Crippen LogP contribution is -2.60. The maximum absolute atomic E-state index is 12.9. The number of hydrogen-bond acceptors (Lipinski definition) is 8. The normalized spacial score (nSPS) is 21.1. The third-order valence-corrected chi connectivity index (χ3v) is 11.4. The third-order valence-electron chi connectivity index (χ3n) is 11.4. The monoisotopic (exact) mass is 846 g/mol. The van der Waals surface area contributed by atoms with E-state index < -0.39 is 49.5 Å². The third kappa shape index (κ3) is 30.8. The van der Waals surface area contributed by atoms with Gasteiger partial charge in [-0.2, -0.15) is 0 Å². The van der Waals surface area contributed by atoms with Gasteiger partial charge in [0.25, 0.3) is 0 Å². The van der Waals surface area contributed by atoms with E-state index in [0.717, 1.165) is 44.9 Å². The van der Waals surface area contributed by atoms with Crippen LogP contribution in [0.2, 0.25) is 0 Å². The quantitative estimate of drug-likeness (QED) is 0.0264. The summed E-state index contributed by atoms with van der Waals surface area (Å²) in [5, 5.41) is 54.3. The Morgan fingerprint density at radius 1 is 0.567 bits per heavy atom. The number of hydrogen-bond donors (Lipinski definition) is 6. The van der Waals surface area contributed by atoms with E-state index in [2.05, 4.69) is 67.8 Å². The molecule has 0 bridgehead atoms. The fourth-order valence-electron chi connectivity index (χ4n) is 7.52. The molecule has 1 amide bonds. The van der Waals surface area contributed by atoms with Gasteiger partial charge in [-0.25, -0.2) is 0 Å². The topological polar surface area (TPSA) is 149 Å². The van der Waals surface area contributed by atoms with Crippen molar-refractivity contribution in [3.63, 3.8) is 0 Å². The smallest absolute Gasteiger partial charge is 0.224 e. The Morgan fingerprint density at radius 2 is 0.967 bits per heavy atom. The Kier molecular flexibility index (Phi) is 38.1. The van der Waals surface area contributed by atoms with Gasteiger partial charge < -0.3 is 40.3 Å². The van der Waals surface area contributed by atoms with Crippen molar-refractivity contribution in [3.8, 4) is 0 Å². The Labute approximate surface area is 366 Å². The van der Waals surface area contributed by atoms with Gasteiger partial charge in [-0.3, -0.25) is 4.79 Å². The first kappa shape index (κ1) is 55.9. The molecular formula is C51H91NO8. The Morgan fingerprint density at radius 3 is 1.38 bits per heavy atom. The molecule has 9 nitrogen and oxygen atoms in total. The number of nitrogens with one attached hydrogen (secondary N) is 1. The molecule has 9 heteroatoms. The molecule has 6 N–H and O–H groups in total. The molecule has 1 saturated heterocycles. The van der Waals surface area contributed by atoms with E-state index in [1.54, 1.807) is 6.08 Å². The second kappa shape index (κ2) is 40.9. The predicted octanol–water partition coefficient (Wildman–Crippen LogP) is 10.8. The first-order valence-corrected chi connectivity index (χ1v) is 24.5. The highest BCUT2D eigenvalue weighted by Crippen LogP contribution is 2.23. The van der Waals surface area contributed by atoms with Gasteiger partial charge in [0.15, 0.2) is 6.29 Å². The average molecular weight is 846 g/mol. The van der Waals surface area contributed by atoms with Crippen LogP contribution in [0.15, 0.2) is 60.8 Å². The summed E-state index contributed by atoms with van der Waals surface area (Å²) in [4.78, 5) is 12.9. The van der Waals surface area contributed by atoms with Crippen LogP contribution >= 0.6 is 0 Å². The van der Waals surface area contributed by atoms with Crippen LogP contribution in [-0.4, -0.2) is 87.5 Å². The lowest BCUT2D eigenvalue weighted by Gasteiger charge is -2.40. The minimum atomic E-state index is -1.57. The van der Waals surface area contributed by atoms with E-state index in [0.29, 0.717) is 12.8 Å². The van der Waals surface area contributed by atoms with Crippen LogP contribution in [0, 0.1) is 0 Å². The first-order chi connectivity index (χ1) is 29.3. The second-order valence-electron chi connectivity index (χ2n) is 16.9. The van der Waals surface area contributed by atoms with Crippen LogP contribution in [-0.2, 0) is 14.3 Å². The zero-order valence-electron chi connectivity index (χ0n) is 38.2. The van der Waals surface area contributed by atoms with Gasteiger partial charge in [-0.05, 0) is 38.5 Å². The summed E-state index contributed by atoms with van der Waals surface area (Å²) in [6.45, 7) is 3.66. The molecule has 0 aromatic carbocycles. The van der Waals surface area contributed by atoms with E-state index in [1.165, 1.54) is 122 Å². The van der Waals surface area contributed by atoms with Gasteiger partial charge in [0.1, 0.15) is 24.4 Å². The van der Waals surface area contributed by atoms with Gasteiger partial charge in [0.05, 0.1) is 25.4 Å². The number of unbranched alkanes of at least 4 members (excludes halogenated alkanes) is 21. The molecule has 60 heavy (non-hydrogen) atoms. The van der Waals surface area contributed by atoms with Crippen molar-refractivity contribution in [1.29, 1.82) is 0 Å². The largest absolute Gasteiger partial charge is 0.394 e. The van der Waals surface area contributed by atoms with E-state index in [-0.39, 0.29) is 18.9 Å². The van der Waals surface area contributed by atoms with E-state index in [1.807, 2.05) is 6.08 Å². The zero-order chi connectivity index (χ0) is 43.7. The fourth-order valence-corrected chi connectivity index (χ4v) is 7.52. The number of aliphatic hydroxyl groups is 5. The summed E-state index contributed by atoms with van der Waals surface area (Å²) >= 11 is 0. The molecule has 7 atom stereocenters. The minimum absolute atomic E-state index is 0.135. The Balaban J connectivity index is 2.32. The van der Waals surface area contributed by atoms with E-state index in [9.17, 15) is 30.3 Å². The maximum atomic E-state index is 12.9. The van der Waals surface area contributed by atoms with Crippen LogP contribution in [0.5, 0.6) is 0 Å². The van der Waals surface area contributed by atoms with Crippen molar-refractivity contribution < 1.29 is 39.8 Å². The second-order valence-corrected chi connectivity index (χ2v) is 16.9. The highest BCUT2D eigenvalue weighted by molar-refractivity contribution is 5.77. The van der Waals surface area contributed by atoms with E-state index >= 15 is 0 Å². The summed E-state index contributed by atoms with van der Waals surface area (Å²) in [6.07, 6.45) is 46.9. The first-order valence-electron chi connectivity index (χ1n) is 24.5. The van der Waals surface area contributed by atoms with Gasteiger partial charge in [-0.15, -0.1) is 0 Å². The molecule has 1 aliphatic heterocycles. The number of amides is 1. The number of rotatable bonds is 40. The molecule has 0 aromatic rings. The summed E-state index contributed by atoms with van der Waals surface area (Å²) < 4.78 is 11.2. The number of carbonyl (C=O) groups is 1. The summed E-state index contributed by atoms with van der Waals surface area (Å²) in [5.41, 5.74) is 0. The van der Waals surface area contributed by atoms with Gasteiger partial charge in [0.2, 0.25) is 5.91 Å². The summed E-state index contributed by atoms with van der Waals surface area (Å²) in [6, 6.07) is -0.775. The molecule has 1 rings (SSSR count). The number of allylic oxidation sites excluding steroid dienone is 9. The summed E-state index contributed by atoms with van der Waals surface area (Å²) in [5.74, 6) is -0.271. The van der Waals surface area contributed by atoms with Crippen molar-refractivity contribution in [3.05, 3.63) is 60.8 Å². The number of ether oxygens (including phenoxy) is 2. The molecule has 0 aromatic heterocycles. The lowest BCUT2D eigenvalue weighted by molar-refractivity contribution is -0.302. The van der Waals surface area contributed by atoms with Gasteiger partial charge >= 0.3 is 0 Å². The van der Waals surface area contributed by atoms with Gasteiger partial charge in [-0.1, -0.05) is 216 Å². The van der Waals surface area contributed by atoms with Crippen LogP contribution in [0.25, 0.3) is 0 Å². The van der Waals surface area contributed by atoms with Crippen molar-refractivity contribution in [1.82, 2.24) is 5.32 Å². The van der Waals surface area contributed by atoms with Gasteiger partial charge in [0, 0.05) is 6.42 Å². The van der Waals surface area contributed by atoms with Crippen molar-refractivity contribution in [2.45, 2.75) is 243 Å². The molecule has 348 valence electrons. The lowest BCUT2D eigenvalue weighted by atomic mass is 9.99.